The number of β-amino-alcohol motifs (C(OH)–C–C–N with tert-alkyl or cyclic N) is 1. The zero-order valence-electron chi connectivity index (χ0n) is 22.2. The van der Waals surface area contributed by atoms with E-state index in [1.54, 1.807) is 27.7 Å². The van der Waals surface area contributed by atoms with E-state index >= 15 is 4.39 Å². The zero-order chi connectivity index (χ0) is 28.2. The molecular weight excluding hydrogens is 520 g/mol. The zero-order valence-corrected chi connectivity index (χ0v) is 23.0. The van der Waals surface area contributed by atoms with Gasteiger partial charge in [-0.1, -0.05) is 0 Å². The van der Waals surface area contributed by atoms with Crippen LogP contribution in [-0.2, 0) is 23.1 Å². The maximum absolute atomic E-state index is 15.2. The van der Waals surface area contributed by atoms with E-state index in [1.807, 2.05) is 4.90 Å². The van der Waals surface area contributed by atoms with Gasteiger partial charge in [-0.05, 0) is 52.3 Å². The van der Waals surface area contributed by atoms with Crippen molar-refractivity contribution in [3.8, 4) is 0 Å². The molecule has 2 aliphatic rings. The largest absolute Gasteiger partial charge is 0.465 e. The van der Waals surface area contributed by atoms with Crippen LogP contribution in [0.4, 0.5) is 13.6 Å². The van der Waals surface area contributed by atoms with E-state index in [0.717, 1.165) is 34.1 Å². The number of benzene rings is 1. The van der Waals surface area contributed by atoms with Gasteiger partial charge in [0.1, 0.15) is 11.6 Å². The number of aromatic nitrogens is 2. The van der Waals surface area contributed by atoms with Gasteiger partial charge >= 0.3 is 6.09 Å². The summed E-state index contributed by atoms with van der Waals surface area (Å²) in [4.78, 5) is 17.8. The van der Waals surface area contributed by atoms with Gasteiger partial charge in [-0.25, -0.2) is 22.0 Å². The predicted octanol–water partition coefficient (Wildman–Crippen LogP) is 2.63. The van der Waals surface area contributed by atoms with Crippen molar-refractivity contribution in [2.24, 2.45) is 0 Å². The lowest BCUT2D eigenvalue weighted by molar-refractivity contribution is -0.0452. The first-order valence-corrected chi connectivity index (χ1v) is 14.3. The number of aliphatic hydroxyl groups excluding tert-OH is 1. The molecule has 13 heteroatoms. The van der Waals surface area contributed by atoms with E-state index in [4.69, 9.17) is 0 Å². The van der Waals surface area contributed by atoms with E-state index in [9.17, 15) is 27.8 Å². The fraction of sp³-hybridized carbons (Fsp3) is 0.600. The monoisotopic (exact) mass is 555 g/mol. The third kappa shape index (κ3) is 5.70. The standard InChI is InChI=1S/C25H35F2N5O5S/c1-15(33)10-30-13-18(29-11-16-12-31(38(5,36)37)28-21(16)14-29)9-22(32(24(34)35)25(2,3)4)23(30)19-8-17(26)6-7-20(19)27/h6-8,12,15,18,22-23,33H,9-11,13-14H2,1-5H3,(H,34,35)/t15-,18+,22-,23-/m0/s1. The lowest BCUT2D eigenvalue weighted by atomic mass is 9.84. The predicted molar refractivity (Wildman–Crippen MR) is 136 cm³/mol. The summed E-state index contributed by atoms with van der Waals surface area (Å²) >= 11 is 0. The number of nitrogens with zero attached hydrogens (tertiary/aromatic N) is 5. The summed E-state index contributed by atoms with van der Waals surface area (Å²) in [6.07, 6.45) is 0.885. The molecule has 38 heavy (non-hydrogen) atoms. The number of hydrogen-bond donors (Lipinski definition) is 2. The molecule has 0 bridgehead atoms. The Morgan fingerprint density at radius 2 is 1.95 bits per heavy atom. The fourth-order valence-electron chi connectivity index (χ4n) is 5.80. The number of carbonyl (C=O) groups is 1. The normalized spacial score (nSPS) is 23.8. The smallest absolute Gasteiger partial charge is 0.408 e. The van der Waals surface area contributed by atoms with E-state index < -0.39 is 51.5 Å². The molecule has 1 fully saturated rings. The molecular formula is C25H35F2N5O5S. The molecule has 1 aromatic heterocycles. The highest BCUT2D eigenvalue weighted by Crippen LogP contribution is 2.41. The number of hydrogen-bond acceptors (Lipinski definition) is 7. The van der Waals surface area contributed by atoms with Gasteiger partial charge in [0.05, 0.1) is 30.1 Å². The van der Waals surface area contributed by atoms with Crippen LogP contribution in [0.3, 0.4) is 0 Å². The molecule has 4 rings (SSSR count). The first kappa shape index (κ1) is 28.4. The maximum atomic E-state index is 15.2. The summed E-state index contributed by atoms with van der Waals surface area (Å²) in [5, 5.41) is 24.8. The summed E-state index contributed by atoms with van der Waals surface area (Å²) in [5.41, 5.74) is 0.566. The van der Waals surface area contributed by atoms with E-state index in [2.05, 4.69) is 10.00 Å². The summed E-state index contributed by atoms with van der Waals surface area (Å²) < 4.78 is 54.3. The topological polar surface area (TPSA) is 119 Å². The average Bonchev–Trinajstić information content (AvgIpc) is 3.33. The minimum atomic E-state index is -3.52. The van der Waals surface area contributed by atoms with Gasteiger partial charge in [-0.3, -0.25) is 14.7 Å². The Labute approximate surface area is 221 Å². The fourth-order valence-corrected chi connectivity index (χ4v) is 6.37. The molecule has 1 amide bonds. The van der Waals surface area contributed by atoms with E-state index in [1.165, 1.54) is 11.1 Å². The van der Waals surface area contributed by atoms with Crippen molar-refractivity contribution in [2.45, 2.75) is 77.0 Å². The molecule has 10 nitrogen and oxygen atoms in total. The van der Waals surface area contributed by atoms with Crippen LogP contribution in [0.15, 0.2) is 24.4 Å². The van der Waals surface area contributed by atoms with Crippen molar-refractivity contribution >= 4 is 16.1 Å². The molecule has 2 aliphatic heterocycles. The summed E-state index contributed by atoms with van der Waals surface area (Å²) in [5.74, 6) is -1.28. The van der Waals surface area contributed by atoms with Gasteiger partial charge in [0.25, 0.3) is 10.0 Å². The summed E-state index contributed by atoms with van der Waals surface area (Å²) in [6.45, 7) is 8.09. The van der Waals surface area contributed by atoms with Crippen molar-refractivity contribution in [3.63, 3.8) is 0 Å². The second-order valence-corrected chi connectivity index (χ2v) is 13.2. The first-order valence-electron chi connectivity index (χ1n) is 12.5. The Hall–Kier alpha value is -2.61. The van der Waals surface area contributed by atoms with Crippen molar-refractivity contribution < 1.29 is 32.2 Å². The SMILES string of the molecule is C[C@H](O)CN1C[C@H](N2Cc3cn(S(C)(=O)=O)nc3C2)C[C@H](N(C(=O)O)C(C)(C)C)[C@@H]1c1cc(F)ccc1F. The summed E-state index contributed by atoms with van der Waals surface area (Å²) in [6, 6.07) is 1.32. The maximum Gasteiger partial charge on any atom is 0.408 e. The van der Waals surface area contributed by atoms with Crippen molar-refractivity contribution in [3.05, 3.63) is 52.9 Å². The van der Waals surface area contributed by atoms with Crippen molar-refractivity contribution in [1.82, 2.24) is 23.9 Å². The summed E-state index contributed by atoms with van der Waals surface area (Å²) in [7, 11) is -3.52. The molecule has 0 aliphatic carbocycles. The minimum Gasteiger partial charge on any atom is -0.465 e. The molecule has 0 spiro atoms. The van der Waals surface area contributed by atoms with Gasteiger partial charge in [0, 0.05) is 55.1 Å². The average molecular weight is 556 g/mol. The van der Waals surface area contributed by atoms with Crippen LogP contribution in [0.1, 0.15) is 57.0 Å². The number of piperidine rings is 1. The highest BCUT2D eigenvalue weighted by Gasteiger charge is 2.48. The molecule has 2 aromatic rings. The van der Waals surface area contributed by atoms with Crippen molar-refractivity contribution in [1.29, 1.82) is 0 Å². The molecule has 1 saturated heterocycles. The van der Waals surface area contributed by atoms with Crippen LogP contribution in [0.5, 0.6) is 0 Å². The highest BCUT2D eigenvalue weighted by molar-refractivity contribution is 7.89. The minimum absolute atomic E-state index is 0.0405. The van der Waals surface area contributed by atoms with Crippen LogP contribution in [-0.4, -0.2) is 91.7 Å². The molecule has 0 radical (unpaired) electrons. The lowest BCUT2D eigenvalue weighted by Gasteiger charge is -2.53. The van der Waals surface area contributed by atoms with Crippen LogP contribution in [0.2, 0.25) is 0 Å². The number of likely N-dealkylation sites (tertiary alicyclic amines) is 1. The number of carboxylic acid groups (broad SMARTS) is 1. The van der Waals surface area contributed by atoms with E-state index in [-0.39, 0.29) is 18.2 Å². The molecule has 1 aromatic carbocycles. The van der Waals surface area contributed by atoms with Crippen molar-refractivity contribution in [2.75, 3.05) is 19.3 Å². The number of rotatable bonds is 6. The number of aliphatic hydroxyl groups is 1. The van der Waals surface area contributed by atoms with Gasteiger partial charge in [0.2, 0.25) is 0 Å². The Kier molecular flexibility index (Phi) is 7.60. The molecule has 0 saturated carbocycles. The first-order chi connectivity index (χ1) is 17.6. The van der Waals surface area contributed by atoms with Gasteiger partial charge in [-0.2, -0.15) is 9.19 Å². The molecule has 0 unspecified atom stereocenters. The Bertz CT molecular complexity index is 1290. The van der Waals surface area contributed by atoms with Gasteiger partial charge in [-0.15, -0.1) is 0 Å². The third-order valence-corrected chi connectivity index (χ3v) is 8.06. The van der Waals surface area contributed by atoms with Gasteiger partial charge < -0.3 is 10.2 Å². The van der Waals surface area contributed by atoms with Crippen LogP contribution in [0.25, 0.3) is 0 Å². The highest BCUT2D eigenvalue weighted by atomic mass is 32.2. The molecule has 2 N–H and O–H groups in total. The molecule has 4 atom stereocenters. The number of fused-ring (bicyclic) bond motifs is 1. The number of amides is 1. The quantitative estimate of drug-likeness (QED) is 0.559. The number of halogens is 2. The van der Waals surface area contributed by atoms with Crippen LogP contribution >= 0.6 is 0 Å². The van der Waals surface area contributed by atoms with Crippen LogP contribution < -0.4 is 0 Å². The molecule has 210 valence electrons. The second-order valence-electron chi connectivity index (χ2n) is 11.3. The van der Waals surface area contributed by atoms with Gasteiger partial charge in [0.15, 0.2) is 0 Å². The second kappa shape index (κ2) is 10.2. The lowest BCUT2D eigenvalue weighted by Crippen LogP contribution is -2.63. The third-order valence-electron chi connectivity index (χ3n) is 7.19. The Morgan fingerprint density at radius 1 is 1.26 bits per heavy atom. The van der Waals surface area contributed by atoms with E-state index in [0.29, 0.717) is 31.7 Å². The molecule has 3 heterocycles. The Balaban J connectivity index is 1.75. The Morgan fingerprint density at radius 3 is 2.50 bits per heavy atom. The van der Waals surface area contributed by atoms with Crippen LogP contribution in [0, 0.1) is 11.6 Å².